The zero-order valence-corrected chi connectivity index (χ0v) is 17.6. The Morgan fingerprint density at radius 2 is 1.63 bits per heavy atom. The number of rotatable bonds is 10. The van der Waals surface area contributed by atoms with Gasteiger partial charge in [-0.3, -0.25) is 4.90 Å². The number of nitrogens with zero attached hydrogens (tertiary/aromatic N) is 1. The monoisotopic (exact) mass is 429 g/mol. The lowest BCUT2D eigenvalue weighted by molar-refractivity contribution is 0.0628. The maximum atomic E-state index is 13.3. The molecule has 0 aliphatic heterocycles. The lowest BCUT2D eigenvalue weighted by Gasteiger charge is -2.25. The highest BCUT2D eigenvalue weighted by atomic mass is 35.5. The first-order valence-corrected chi connectivity index (χ1v) is 10.1. The van der Waals surface area contributed by atoms with Gasteiger partial charge in [0.05, 0.1) is 7.11 Å². The molecule has 0 unspecified atom stereocenters. The molecule has 0 aliphatic rings. The van der Waals surface area contributed by atoms with Gasteiger partial charge in [-0.05, 0) is 59.7 Å². The molecule has 0 aromatic heterocycles. The standard InChI is InChI=1S/C24H25ClFNO3/c1-29-24-4-2-3-19(13-24)15-27(14-18-5-9-21(26)10-6-18)16-22(28)17-30-23-11-7-20(25)8-12-23/h2-13,22,28H,14-17H2,1H3/t22-/m0/s1. The van der Waals surface area contributed by atoms with Crippen LogP contribution in [0, 0.1) is 5.82 Å². The summed E-state index contributed by atoms with van der Waals surface area (Å²) in [4.78, 5) is 2.10. The molecule has 3 rings (SSSR count). The van der Waals surface area contributed by atoms with Crippen molar-refractivity contribution in [2.75, 3.05) is 20.3 Å². The number of aliphatic hydroxyl groups excluding tert-OH is 1. The molecule has 0 saturated carbocycles. The molecule has 3 aromatic rings. The largest absolute Gasteiger partial charge is 0.497 e. The fourth-order valence-corrected chi connectivity index (χ4v) is 3.26. The third kappa shape index (κ3) is 7.02. The van der Waals surface area contributed by atoms with Crippen molar-refractivity contribution in [3.63, 3.8) is 0 Å². The number of halogens is 2. The van der Waals surface area contributed by atoms with Crippen molar-refractivity contribution in [2.24, 2.45) is 0 Å². The lowest BCUT2D eigenvalue weighted by atomic mass is 10.1. The zero-order valence-electron chi connectivity index (χ0n) is 16.8. The maximum Gasteiger partial charge on any atom is 0.123 e. The lowest BCUT2D eigenvalue weighted by Crippen LogP contribution is -2.35. The van der Waals surface area contributed by atoms with Crippen molar-refractivity contribution in [1.82, 2.24) is 4.90 Å². The van der Waals surface area contributed by atoms with E-state index in [2.05, 4.69) is 4.90 Å². The van der Waals surface area contributed by atoms with Crippen molar-refractivity contribution in [3.05, 3.63) is 94.8 Å². The SMILES string of the molecule is COc1cccc(CN(Cc2ccc(F)cc2)C[C@H](O)COc2ccc(Cl)cc2)c1. The Labute approximate surface area is 181 Å². The van der Waals surface area contributed by atoms with Gasteiger partial charge in [0.25, 0.3) is 0 Å². The molecule has 0 radical (unpaired) electrons. The van der Waals surface area contributed by atoms with Crippen LogP contribution >= 0.6 is 11.6 Å². The number of ether oxygens (including phenoxy) is 2. The molecule has 0 amide bonds. The van der Waals surface area contributed by atoms with Crippen LogP contribution in [0.3, 0.4) is 0 Å². The minimum Gasteiger partial charge on any atom is -0.497 e. The van der Waals surface area contributed by atoms with Crippen LogP contribution in [0.5, 0.6) is 11.5 Å². The van der Waals surface area contributed by atoms with Crippen LogP contribution in [-0.2, 0) is 13.1 Å². The third-order valence-electron chi connectivity index (χ3n) is 4.58. The molecule has 0 heterocycles. The van der Waals surface area contributed by atoms with Gasteiger partial charge in [0, 0.05) is 24.7 Å². The minimum atomic E-state index is -0.702. The van der Waals surface area contributed by atoms with E-state index in [4.69, 9.17) is 21.1 Å². The van der Waals surface area contributed by atoms with E-state index in [1.165, 1.54) is 12.1 Å². The van der Waals surface area contributed by atoms with Crippen LogP contribution < -0.4 is 9.47 Å². The normalized spacial score (nSPS) is 12.0. The van der Waals surface area contributed by atoms with Crippen LogP contribution in [-0.4, -0.2) is 36.4 Å². The smallest absolute Gasteiger partial charge is 0.123 e. The van der Waals surface area contributed by atoms with Gasteiger partial charge < -0.3 is 14.6 Å². The summed E-state index contributed by atoms with van der Waals surface area (Å²) in [6.45, 7) is 1.71. The molecular formula is C24H25ClFNO3. The summed E-state index contributed by atoms with van der Waals surface area (Å²) < 4.78 is 24.2. The summed E-state index contributed by atoms with van der Waals surface area (Å²) >= 11 is 5.88. The first-order chi connectivity index (χ1) is 14.5. The van der Waals surface area contributed by atoms with Gasteiger partial charge in [0.2, 0.25) is 0 Å². The summed E-state index contributed by atoms with van der Waals surface area (Å²) in [7, 11) is 1.63. The fourth-order valence-electron chi connectivity index (χ4n) is 3.14. The molecule has 0 aliphatic carbocycles. The summed E-state index contributed by atoms with van der Waals surface area (Å²) in [5.41, 5.74) is 2.02. The predicted octanol–water partition coefficient (Wildman–Crippen LogP) is 4.93. The average Bonchev–Trinajstić information content (AvgIpc) is 2.75. The Balaban J connectivity index is 1.65. The quantitative estimate of drug-likeness (QED) is 0.496. The van der Waals surface area contributed by atoms with Crippen molar-refractivity contribution in [3.8, 4) is 11.5 Å². The Kier molecular flexibility index (Phi) is 8.08. The molecule has 6 heteroatoms. The van der Waals surface area contributed by atoms with E-state index in [-0.39, 0.29) is 12.4 Å². The third-order valence-corrected chi connectivity index (χ3v) is 4.84. The van der Waals surface area contributed by atoms with Gasteiger partial charge >= 0.3 is 0 Å². The maximum absolute atomic E-state index is 13.3. The van der Waals surface area contributed by atoms with Crippen molar-refractivity contribution in [2.45, 2.75) is 19.2 Å². The highest BCUT2D eigenvalue weighted by Crippen LogP contribution is 2.18. The second kappa shape index (κ2) is 11.0. The molecule has 0 spiro atoms. The number of methoxy groups -OCH3 is 1. The van der Waals surface area contributed by atoms with Crippen LogP contribution in [0.4, 0.5) is 4.39 Å². The van der Waals surface area contributed by atoms with E-state index >= 15 is 0 Å². The molecule has 3 aromatic carbocycles. The average molecular weight is 430 g/mol. The molecule has 1 N–H and O–H groups in total. The zero-order chi connectivity index (χ0) is 21.3. The van der Waals surface area contributed by atoms with Crippen LogP contribution in [0.2, 0.25) is 5.02 Å². The number of hydrogen-bond acceptors (Lipinski definition) is 4. The van der Waals surface area contributed by atoms with E-state index in [0.717, 1.165) is 16.9 Å². The van der Waals surface area contributed by atoms with E-state index in [1.807, 2.05) is 24.3 Å². The molecule has 158 valence electrons. The predicted molar refractivity (Wildman–Crippen MR) is 116 cm³/mol. The van der Waals surface area contributed by atoms with Crippen LogP contribution in [0.15, 0.2) is 72.8 Å². The van der Waals surface area contributed by atoms with Crippen LogP contribution in [0.1, 0.15) is 11.1 Å². The number of hydrogen-bond donors (Lipinski definition) is 1. The fraction of sp³-hybridized carbons (Fsp3) is 0.250. The molecule has 0 saturated heterocycles. The summed E-state index contributed by atoms with van der Waals surface area (Å²) in [6, 6.07) is 21.2. The Hall–Kier alpha value is -2.60. The first kappa shape index (κ1) is 22.1. The van der Waals surface area contributed by atoms with Crippen molar-refractivity contribution in [1.29, 1.82) is 0 Å². The Morgan fingerprint density at radius 1 is 0.933 bits per heavy atom. The molecule has 1 atom stereocenters. The van der Waals surface area contributed by atoms with Gasteiger partial charge in [0.15, 0.2) is 0 Å². The van der Waals surface area contributed by atoms with E-state index < -0.39 is 6.10 Å². The van der Waals surface area contributed by atoms with Gasteiger partial charge in [-0.2, -0.15) is 0 Å². The van der Waals surface area contributed by atoms with Crippen molar-refractivity contribution >= 4 is 11.6 Å². The molecule has 4 nitrogen and oxygen atoms in total. The topological polar surface area (TPSA) is 41.9 Å². The summed E-state index contributed by atoms with van der Waals surface area (Å²) in [5, 5.41) is 11.2. The summed E-state index contributed by atoms with van der Waals surface area (Å²) in [5.74, 6) is 1.16. The number of benzene rings is 3. The molecule has 0 bridgehead atoms. The highest BCUT2D eigenvalue weighted by Gasteiger charge is 2.15. The molecular weight excluding hydrogens is 405 g/mol. The first-order valence-electron chi connectivity index (χ1n) is 9.68. The Bertz CT molecular complexity index is 918. The van der Waals surface area contributed by atoms with E-state index in [0.29, 0.717) is 30.4 Å². The Morgan fingerprint density at radius 3 is 2.33 bits per heavy atom. The van der Waals surface area contributed by atoms with Crippen molar-refractivity contribution < 1.29 is 19.0 Å². The second-order valence-electron chi connectivity index (χ2n) is 7.07. The van der Waals surface area contributed by atoms with E-state index in [9.17, 15) is 9.50 Å². The number of aliphatic hydroxyl groups is 1. The highest BCUT2D eigenvalue weighted by molar-refractivity contribution is 6.30. The van der Waals surface area contributed by atoms with E-state index in [1.54, 1.807) is 43.5 Å². The van der Waals surface area contributed by atoms with Gasteiger partial charge in [-0.25, -0.2) is 4.39 Å². The molecule has 0 fully saturated rings. The minimum absolute atomic E-state index is 0.152. The molecule has 30 heavy (non-hydrogen) atoms. The van der Waals surface area contributed by atoms with Crippen LogP contribution in [0.25, 0.3) is 0 Å². The second-order valence-corrected chi connectivity index (χ2v) is 7.50. The van der Waals surface area contributed by atoms with Gasteiger partial charge in [-0.15, -0.1) is 0 Å². The summed E-state index contributed by atoms with van der Waals surface area (Å²) in [6.07, 6.45) is -0.702. The van der Waals surface area contributed by atoms with Gasteiger partial charge in [-0.1, -0.05) is 35.9 Å². The van der Waals surface area contributed by atoms with Gasteiger partial charge in [0.1, 0.15) is 30.0 Å².